The van der Waals surface area contributed by atoms with E-state index in [1.165, 1.54) is 57.3 Å². The number of carbonyl (C=O) groups is 1. The van der Waals surface area contributed by atoms with Crippen LogP contribution in [0.15, 0.2) is 30.5 Å². The maximum Gasteiger partial charge on any atom is 0.152 e. The number of aldehydes is 1. The molecule has 29 heavy (non-hydrogen) atoms. The number of rotatable bonds is 9. The summed E-state index contributed by atoms with van der Waals surface area (Å²) in [7, 11) is 5.29. The molecular weight excluding hydrogens is 362 g/mol. The van der Waals surface area contributed by atoms with Gasteiger partial charge in [-0.25, -0.2) is 0 Å². The quantitative estimate of drug-likeness (QED) is 0.444. The number of piperidine rings is 1. The second kappa shape index (κ2) is 12.8. The fourth-order valence-electron chi connectivity index (χ4n) is 4.01. The lowest BCUT2D eigenvalue weighted by atomic mass is 9.91. The molecule has 0 atom stereocenters. The SMILES string of the molecule is CCCCC1CCN(CCCn2cc(C=O)c3ccccc32)CC1.CON(C)C. The number of aromatic nitrogens is 1. The first kappa shape index (κ1) is 23.6. The summed E-state index contributed by atoms with van der Waals surface area (Å²) in [5, 5.41) is 2.70. The Morgan fingerprint density at radius 1 is 1.14 bits per heavy atom. The maximum atomic E-state index is 11.2. The van der Waals surface area contributed by atoms with E-state index in [-0.39, 0.29) is 0 Å². The molecule has 1 aliphatic heterocycles. The third-order valence-corrected chi connectivity index (χ3v) is 5.86. The first-order valence-corrected chi connectivity index (χ1v) is 11.1. The molecule has 5 heteroatoms. The zero-order chi connectivity index (χ0) is 21.1. The zero-order valence-electron chi connectivity index (χ0n) is 18.8. The highest BCUT2D eigenvalue weighted by Gasteiger charge is 2.18. The van der Waals surface area contributed by atoms with E-state index < -0.39 is 0 Å². The lowest BCUT2D eigenvalue weighted by Crippen LogP contribution is -2.34. The van der Waals surface area contributed by atoms with Crippen molar-refractivity contribution < 1.29 is 9.63 Å². The number of hydrogen-bond acceptors (Lipinski definition) is 4. The zero-order valence-corrected chi connectivity index (χ0v) is 18.8. The number of fused-ring (bicyclic) bond motifs is 1. The van der Waals surface area contributed by atoms with E-state index in [9.17, 15) is 4.79 Å². The summed E-state index contributed by atoms with van der Waals surface area (Å²) in [6.45, 7) is 6.98. The molecule has 2 heterocycles. The summed E-state index contributed by atoms with van der Waals surface area (Å²) in [6, 6.07) is 8.20. The lowest BCUT2D eigenvalue weighted by molar-refractivity contribution is -0.0855. The van der Waals surface area contributed by atoms with Gasteiger partial charge in [0.25, 0.3) is 0 Å². The van der Waals surface area contributed by atoms with Crippen LogP contribution in [0.25, 0.3) is 10.9 Å². The van der Waals surface area contributed by atoms with Gasteiger partial charge in [-0.2, -0.15) is 5.06 Å². The maximum absolute atomic E-state index is 11.2. The van der Waals surface area contributed by atoms with Gasteiger partial charge in [-0.1, -0.05) is 44.4 Å². The predicted molar refractivity (Wildman–Crippen MR) is 121 cm³/mol. The second-order valence-electron chi connectivity index (χ2n) is 8.19. The van der Waals surface area contributed by atoms with Crippen molar-refractivity contribution in [2.75, 3.05) is 40.8 Å². The molecule has 0 saturated carbocycles. The van der Waals surface area contributed by atoms with Gasteiger partial charge in [-0.15, -0.1) is 0 Å². The summed E-state index contributed by atoms with van der Waals surface area (Å²) in [6.07, 6.45) is 11.0. The highest BCUT2D eigenvalue weighted by molar-refractivity contribution is 5.97. The van der Waals surface area contributed by atoms with Gasteiger partial charge in [0, 0.05) is 43.3 Å². The number of carbonyl (C=O) groups excluding carboxylic acids is 1. The monoisotopic (exact) mass is 401 g/mol. The van der Waals surface area contributed by atoms with E-state index in [2.05, 4.69) is 33.4 Å². The standard InChI is InChI=1S/C21H30N2O.C3H9NO/c1-2-3-7-18-10-14-22(15-11-18)12-6-13-23-16-19(17-24)20-8-4-5-9-21(20)23;1-4(2)5-3/h4-5,8-9,16-18H,2-3,6-7,10-15H2,1H3;1-3H3. The van der Waals surface area contributed by atoms with E-state index >= 15 is 0 Å². The van der Waals surface area contributed by atoms with E-state index in [4.69, 9.17) is 0 Å². The van der Waals surface area contributed by atoms with Gasteiger partial charge in [-0.05, 0) is 50.9 Å². The van der Waals surface area contributed by atoms with E-state index in [1.54, 1.807) is 12.2 Å². The molecule has 1 aliphatic rings. The summed E-state index contributed by atoms with van der Waals surface area (Å²) >= 11 is 0. The number of hydroxylamine groups is 2. The molecule has 0 amide bonds. The highest BCUT2D eigenvalue weighted by Crippen LogP contribution is 2.23. The van der Waals surface area contributed by atoms with Crippen LogP contribution in [-0.4, -0.2) is 61.7 Å². The molecule has 3 rings (SSSR count). The molecule has 0 radical (unpaired) electrons. The Morgan fingerprint density at radius 2 is 1.83 bits per heavy atom. The molecule has 1 aromatic heterocycles. The summed E-state index contributed by atoms with van der Waals surface area (Å²) in [5.41, 5.74) is 1.99. The van der Waals surface area contributed by atoms with Crippen LogP contribution in [0.3, 0.4) is 0 Å². The third-order valence-electron chi connectivity index (χ3n) is 5.86. The fraction of sp³-hybridized carbons (Fsp3) is 0.625. The van der Waals surface area contributed by atoms with Gasteiger partial charge in [0.1, 0.15) is 0 Å². The van der Waals surface area contributed by atoms with Crippen LogP contribution >= 0.6 is 0 Å². The van der Waals surface area contributed by atoms with Crippen molar-refractivity contribution >= 4 is 17.2 Å². The van der Waals surface area contributed by atoms with Gasteiger partial charge in [0.2, 0.25) is 0 Å². The van der Waals surface area contributed by atoms with Crippen LogP contribution in [0, 0.1) is 5.92 Å². The molecule has 1 aromatic carbocycles. The Kier molecular flexibility index (Phi) is 10.4. The molecule has 1 saturated heterocycles. The van der Waals surface area contributed by atoms with Crippen molar-refractivity contribution in [3.05, 3.63) is 36.0 Å². The molecule has 0 bridgehead atoms. The third kappa shape index (κ3) is 7.57. The number of nitrogens with zero attached hydrogens (tertiary/aromatic N) is 3. The van der Waals surface area contributed by atoms with Crippen molar-refractivity contribution in [3.8, 4) is 0 Å². The Morgan fingerprint density at radius 3 is 2.45 bits per heavy atom. The number of benzene rings is 1. The van der Waals surface area contributed by atoms with Gasteiger partial charge in [-0.3, -0.25) is 4.79 Å². The van der Waals surface area contributed by atoms with Crippen LogP contribution in [0.2, 0.25) is 0 Å². The average molecular weight is 402 g/mol. The minimum absolute atomic E-state index is 0.808. The van der Waals surface area contributed by atoms with Crippen LogP contribution in [-0.2, 0) is 11.4 Å². The molecule has 5 nitrogen and oxygen atoms in total. The molecule has 2 aromatic rings. The summed E-state index contributed by atoms with van der Waals surface area (Å²) in [5.74, 6) is 0.963. The van der Waals surface area contributed by atoms with Gasteiger partial charge >= 0.3 is 0 Å². The smallest absolute Gasteiger partial charge is 0.152 e. The minimum Gasteiger partial charge on any atom is -0.347 e. The number of likely N-dealkylation sites (tertiary alicyclic amines) is 1. The minimum atomic E-state index is 0.808. The Hall–Kier alpha value is -1.69. The molecule has 1 fully saturated rings. The highest BCUT2D eigenvalue weighted by atomic mass is 16.7. The van der Waals surface area contributed by atoms with Crippen LogP contribution in [0.1, 0.15) is 55.8 Å². The number of unbranched alkanes of at least 4 members (excludes halogenated alkanes) is 1. The molecule has 0 aliphatic carbocycles. The number of hydrogen-bond donors (Lipinski definition) is 0. The van der Waals surface area contributed by atoms with Crippen molar-refractivity contribution in [2.45, 2.75) is 52.0 Å². The Labute approximate surface area is 176 Å². The largest absolute Gasteiger partial charge is 0.347 e. The van der Waals surface area contributed by atoms with E-state index in [0.717, 1.165) is 36.1 Å². The normalized spacial score (nSPS) is 15.5. The van der Waals surface area contributed by atoms with Crippen molar-refractivity contribution in [1.82, 2.24) is 14.5 Å². The topological polar surface area (TPSA) is 37.7 Å². The first-order chi connectivity index (χ1) is 14.1. The second-order valence-corrected chi connectivity index (χ2v) is 8.19. The predicted octanol–water partition coefficient (Wildman–Crippen LogP) is 4.86. The van der Waals surface area contributed by atoms with E-state index in [1.807, 2.05) is 32.4 Å². The van der Waals surface area contributed by atoms with Crippen LogP contribution in [0.4, 0.5) is 0 Å². The van der Waals surface area contributed by atoms with Crippen molar-refractivity contribution in [2.24, 2.45) is 5.92 Å². The van der Waals surface area contributed by atoms with Gasteiger partial charge in [0.15, 0.2) is 6.29 Å². The average Bonchev–Trinajstić information content (AvgIpc) is 3.11. The molecule has 0 unspecified atom stereocenters. The van der Waals surface area contributed by atoms with Crippen LogP contribution < -0.4 is 0 Å². The van der Waals surface area contributed by atoms with Crippen molar-refractivity contribution in [3.63, 3.8) is 0 Å². The molecule has 0 N–H and O–H groups in total. The van der Waals surface area contributed by atoms with Gasteiger partial charge < -0.3 is 14.3 Å². The fourth-order valence-corrected chi connectivity index (χ4v) is 4.01. The van der Waals surface area contributed by atoms with Crippen LogP contribution in [0.5, 0.6) is 0 Å². The Balaban J connectivity index is 0.000000537. The first-order valence-electron chi connectivity index (χ1n) is 11.1. The lowest BCUT2D eigenvalue weighted by Gasteiger charge is -2.32. The summed E-state index contributed by atoms with van der Waals surface area (Å²) in [4.78, 5) is 18.4. The van der Waals surface area contributed by atoms with E-state index in [0.29, 0.717) is 0 Å². The Bertz CT molecular complexity index is 718. The van der Waals surface area contributed by atoms with Crippen molar-refractivity contribution in [1.29, 1.82) is 0 Å². The summed E-state index contributed by atoms with van der Waals surface area (Å²) < 4.78 is 2.24. The molecule has 162 valence electrons. The molecule has 0 spiro atoms. The molecular formula is C24H39N3O2. The number of para-hydroxylation sites is 1. The van der Waals surface area contributed by atoms with Gasteiger partial charge in [0.05, 0.1) is 7.11 Å². The number of aryl methyl sites for hydroxylation is 1.